The highest BCUT2D eigenvalue weighted by Gasteiger charge is 2.27. The lowest BCUT2D eigenvalue weighted by Gasteiger charge is -2.37. The summed E-state index contributed by atoms with van der Waals surface area (Å²) in [7, 11) is 0. The molecule has 0 aliphatic carbocycles. The Hall–Kier alpha value is -2.57. The van der Waals surface area contributed by atoms with Crippen molar-refractivity contribution in [2.75, 3.05) is 36.4 Å². The van der Waals surface area contributed by atoms with Crippen LogP contribution in [0.1, 0.15) is 12.6 Å². The number of nitrogens with one attached hydrogen (secondary N) is 1. The van der Waals surface area contributed by atoms with Crippen LogP contribution in [0.5, 0.6) is 0 Å². The second-order valence-electron chi connectivity index (χ2n) is 5.37. The fourth-order valence-electron chi connectivity index (χ4n) is 2.62. The zero-order valence-electron chi connectivity index (χ0n) is 13.2. The van der Waals surface area contributed by atoms with Crippen molar-refractivity contribution in [3.8, 4) is 6.07 Å². The number of rotatable bonds is 4. The number of anilines is 2. The molecule has 124 valence electrons. The number of hydrogen-bond acceptors (Lipinski definition) is 8. The first-order chi connectivity index (χ1) is 11.7. The van der Waals surface area contributed by atoms with Gasteiger partial charge in [-0.3, -0.25) is 9.69 Å². The van der Waals surface area contributed by atoms with Crippen LogP contribution in [-0.4, -0.2) is 58.0 Å². The smallest absolute Gasteiger partial charge is 0.243 e. The van der Waals surface area contributed by atoms with E-state index < -0.39 is 0 Å². The number of piperazine rings is 1. The summed E-state index contributed by atoms with van der Waals surface area (Å²) in [6.45, 7) is 4.72. The van der Waals surface area contributed by atoms with E-state index >= 15 is 0 Å². The van der Waals surface area contributed by atoms with Gasteiger partial charge in [0.1, 0.15) is 6.07 Å². The number of hydrogen-bond donors (Lipinski definition) is 1. The molecule has 9 heteroatoms. The van der Waals surface area contributed by atoms with E-state index in [0.717, 1.165) is 0 Å². The summed E-state index contributed by atoms with van der Waals surface area (Å²) in [5, 5.41) is 14.4. The van der Waals surface area contributed by atoms with E-state index in [1.165, 1.54) is 17.5 Å². The molecular weight excluding hydrogens is 326 g/mol. The van der Waals surface area contributed by atoms with Crippen molar-refractivity contribution in [3.63, 3.8) is 0 Å². The van der Waals surface area contributed by atoms with E-state index in [-0.39, 0.29) is 11.9 Å². The van der Waals surface area contributed by atoms with Crippen LogP contribution in [0, 0.1) is 11.3 Å². The fourth-order valence-corrected chi connectivity index (χ4v) is 3.15. The highest BCUT2D eigenvalue weighted by molar-refractivity contribution is 7.13. The van der Waals surface area contributed by atoms with Gasteiger partial charge in [0.25, 0.3) is 0 Å². The number of nitriles is 1. The van der Waals surface area contributed by atoms with Gasteiger partial charge in [0.15, 0.2) is 16.6 Å². The van der Waals surface area contributed by atoms with Crippen LogP contribution in [0.4, 0.5) is 10.9 Å². The highest BCUT2D eigenvalue weighted by Crippen LogP contribution is 2.18. The maximum atomic E-state index is 12.3. The number of nitrogens with zero attached hydrogens (tertiary/aromatic N) is 6. The predicted octanol–water partition coefficient (Wildman–Crippen LogP) is 0.954. The Bertz CT molecular complexity index is 735. The molecular formula is C15H17N7OS. The molecule has 2 aromatic heterocycles. The topological polar surface area (TPSA) is 98.0 Å². The third-order valence-corrected chi connectivity index (χ3v) is 4.68. The first kappa shape index (κ1) is 16.3. The maximum Gasteiger partial charge on any atom is 0.243 e. The molecule has 1 N–H and O–H groups in total. The molecule has 3 heterocycles. The summed E-state index contributed by atoms with van der Waals surface area (Å²) < 4.78 is 0. The van der Waals surface area contributed by atoms with Crippen molar-refractivity contribution in [2.24, 2.45) is 0 Å². The molecule has 1 atom stereocenters. The van der Waals surface area contributed by atoms with E-state index in [4.69, 9.17) is 5.26 Å². The first-order valence-electron chi connectivity index (χ1n) is 7.59. The lowest BCUT2D eigenvalue weighted by atomic mass is 10.2. The third-order valence-electron chi connectivity index (χ3n) is 3.99. The van der Waals surface area contributed by atoms with Gasteiger partial charge in [0.2, 0.25) is 5.91 Å². The second kappa shape index (κ2) is 7.33. The summed E-state index contributed by atoms with van der Waals surface area (Å²) >= 11 is 1.40. The van der Waals surface area contributed by atoms with E-state index in [1.54, 1.807) is 12.4 Å². The van der Waals surface area contributed by atoms with Crippen molar-refractivity contribution >= 4 is 28.2 Å². The van der Waals surface area contributed by atoms with Crippen LogP contribution in [-0.2, 0) is 4.79 Å². The lowest BCUT2D eigenvalue weighted by molar-refractivity contribution is -0.120. The van der Waals surface area contributed by atoms with Gasteiger partial charge in [-0.1, -0.05) is 0 Å². The van der Waals surface area contributed by atoms with Crippen LogP contribution in [0.15, 0.2) is 24.0 Å². The number of aromatic nitrogens is 3. The van der Waals surface area contributed by atoms with E-state index in [1.807, 2.05) is 17.2 Å². The van der Waals surface area contributed by atoms with Gasteiger partial charge in [0, 0.05) is 50.1 Å². The molecule has 1 saturated heterocycles. The van der Waals surface area contributed by atoms with E-state index in [9.17, 15) is 4.79 Å². The van der Waals surface area contributed by atoms with Gasteiger partial charge in [0.05, 0.1) is 6.04 Å². The summed E-state index contributed by atoms with van der Waals surface area (Å²) in [5.74, 6) is 0.551. The minimum Gasteiger partial charge on any atom is -0.352 e. The Kier molecular flexibility index (Phi) is 4.98. The van der Waals surface area contributed by atoms with Crippen LogP contribution >= 0.6 is 11.3 Å². The Morgan fingerprint density at radius 3 is 2.67 bits per heavy atom. The molecule has 8 nitrogen and oxygen atoms in total. The van der Waals surface area contributed by atoms with Crippen LogP contribution in [0.2, 0.25) is 0 Å². The minimum atomic E-state index is -0.242. The Labute approximate surface area is 143 Å². The first-order valence-corrected chi connectivity index (χ1v) is 8.47. The summed E-state index contributed by atoms with van der Waals surface area (Å²) in [5.41, 5.74) is 0.334. The molecule has 0 radical (unpaired) electrons. The van der Waals surface area contributed by atoms with Crippen LogP contribution in [0.25, 0.3) is 0 Å². The summed E-state index contributed by atoms with van der Waals surface area (Å²) in [6.07, 6.45) is 4.77. The van der Waals surface area contributed by atoms with Crippen LogP contribution < -0.4 is 10.2 Å². The van der Waals surface area contributed by atoms with Crippen molar-refractivity contribution in [3.05, 3.63) is 29.7 Å². The Balaban J connectivity index is 1.58. The largest absolute Gasteiger partial charge is 0.352 e. The SMILES string of the molecule is C[C@H](C(=O)Nc1nccs1)N1CCN(c2nccnc2C#N)CC1. The second-order valence-corrected chi connectivity index (χ2v) is 6.26. The molecule has 0 spiro atoms. The lowest BCUT2D eigenvalue weighted by Crippen LogP contribution is -2.53. The molecule has 3 rings (SSSR count). The minimum absolute atomic E-state index is 0.0596. The standard InChI is InChI=1S/C15H17N7OS/c1-11(14(23)20-15-19-4-9-24-15)21-5-7-22(8-6-21)13-12(10-16)17-2-3-18-13/h2-4,9,11H,5-8H2,1H3,(H,19,20,23)/t11-/m1/s1. The predicted molar refractivity (Wildman–Crippen MR) is 90.7 cm³/mol. The Morgan fingerprint density at radius 1 is 1.25 bits per heavy atom. The molecule has 1 fully saturated rings. The molecule has 2 aromatic rings. The van der Waals surface area contributed by atoms with Crippen molar-refractivity contribution in [1.29, 1.82) is 5.26 Å². The fraction of sp³-hybridized carbons (Fsp3) is 0.400. The molecule has 0 unspecified atom stereocenters. The van der Waals surface area contributed by atoms with Gasteiger partial charge < -0.3 is 10.2 Å². The number of amides is 1. The summed E-state index contributed by atoms with van der Waals surface area (Å²) in [6, 6.07) is 1.83. The molecule has 0 saturated carbocycles. The maximum absolute atomic E-state index is 12.3. The van der Waals surface area contributed by atoms with Crippen LogP contribution in [0.3, 0.4) is 0 Å². The number of carbonyl (C=O) groups is 1. The zero-order chi connectivity index (χ0) is 16.9. The average molecular weight is 343 g/mol. The Morgan fingerprint density at radius 2 is 2.00 bits per heavy atom. The number of thiazole rings is 1. The van der Waals surface area contributed by atoms with Crippen molar-refractivity contribution < 1.29 is 4.79 Å². The van der Waals surface area contributed by atoms with Gasteiger partial charge in [-0.25, -0.2) is 15.0 Å². The molecule has 1 amide bonds. The third kappa shape index (κ3) is 3.50. The van der Waals surface area contributed by atoms with Gasteiger partial charge >= 0.3 is 0 Å². The van der Waals surface area contributed by atoms with Crippen molar-refractivity contribution in [2.45, 2.75) is 13.0 Å². The number of carbonyl (C=O) groups excluding carboxylic acids is 1. The van der Waals surface area contributed by atoms with E-state index in [0.29, 0.717) is 42.8 Å². The van der Waals surface area contributed by atoms with Gasteiger partial charge in [-0.05, 0) is 6.92 Å². The highest BCUT2D eigenvalue weighted by atomic mass is 32.1. The molecule has 24 heavy (non-hydrogen) atoms. The molecule has 0 aromatic carbocycles. The van der Waals surface area contributed by atoms with Crippen molar-refractivity contribution in [1.82, 2.24) is 19.9 Å². The summed E-state index contributed by atoms with van der Waals surface area (Å²) in [4.78, 5) is 28.8. The zero-order valence-corrected chi connectivity index (χ0v) is 14.0. The molecule has 1 aliphatic heterocycles. The molecule has 1 aliphatic rings. The quantitative estimate of drug-likeness (QED) is 0.882. The monoisotopic (exact) mass is 343 g/mol. The van der Waals surface area contributed by atoms with Gasteiger partial charge in [-0.15, -0.1) is 11.3 Å². The average Bonchev–Trinajstić information content (AvgIpc) is 3.14. The normalized spacial score (nSPS) is 16.4. The van der Waals surface area contributed by atoms with E-state index in [2.05, 4.69) is 31.2 Å². The van der Waals surface area contributed by atoms with Gasteiger partial charge in [-0.2, -0.15) is 5.26 Å². The molecule has 0 bridgehead atoms.